The predicted octanol–water partition coefficient (Wildman–Crippen LogP) is 5.37. The van der Waals surface area contributed by atoms with Gasteiger partial charge >= 0.3 is 0 Å². The van der Waals surface area contributed by atoms with E-state index in [0.29, 0.717) is 23.4 Å². The Kier molecular flexibility index (Phi) is 10.3. The van der Waals surface area contributed by atoms with E-state index >= 15 is 0 Å². The lowest BCUT2D eigenvalue weighted by molar-refractivity contribution is -0.140. The number of para-hydroxylation sites is 1. The van der Waals surface area contributed by atoms with Crippen LogP contribution < -0.4 is 14.4 Å². The molecule has 0 spiro atoms. The SMILES string of the molecule is CC[C@@H](C(=O)NC1CCCC1)N(Cc1ccc(OC)cc1)C(=O)CN(c1ccccc1C)S(=O)(=O)c1ccc(C)cc1. The number of nitrogens with one attached hydrogen (secondary N) is 1. The van der Waals surface area contributed by atoms with Crippen LogP contribution in [-0.4, -0.2) is 50.9 Å². The van der Waals surface area contributed by atoms with Crippen molar-refractivity contribution < 1.29 is 22.7 Å². The van der Waals surface area contributed by atoms with Crippen molar-refractivity contribution in [1.82, 2.24) is 10.2 Å². The normalized spacial score (nSPS) is 14.3. The standard InChI is InChI=1S/C33H41N3O5S/c1-5-30(33(38)34-27-11-7-8-12-27)35(22-26-16-18-28(41-4)19-17-26)32(37)23-36(31-13-9-6-10-25(31)3)42(39,40)29-20-14-24(2)15-21-29/h6,9-10,13-21,27,30H,5,7-8,11-12,22-23H2,1-4H3,(H,34,38)/t30-/m0/s1. The molecule has 1 N–H and O–H groups in total. The summed E-state index contributed by atoms with van der Waals surface area (Å²) in [6.45, 7) is 5.26. The number of methoxy groups -OCH3 is 1. The van der Waals surface area contributed by atoms with Gasteiger partial charge in [-0.25, -0.2) is 8.42 Å². The van der Waals surface area contributed by atoms with Gasteiger partial charge in [-0.15, -0.1) is 0 Å². The van der Waals surface area contributed by atoms with Crippen molar-refractivity contribution >= 4 is 27.5 Å². The third kappa shape index (κ3) is 7.31. The molecular formula is C33H41N3O5S. The number of carbonyl (C=O) groups is 2. The van der Waals surface area contributed by atoms with Crippen LogP contribution in [0.2, 0.25) is 0 Å². The molecule has 3 aromatic carbocycles. The molecule has 0 aromatic heterocycles. The van der Waals surface area contributed by atoms with Crippen molar-refractivity contribution in [3.05, 3.63) is 89.5 Å². The topological polar surface area (TPSA) is 96.0 Å². The number of anilines is 1. The maximum atomic E-state index is 14.3. The summed E-state index contributed by atoms with van der Waals surface area (Å²) >= 11 is 0. The summed E-state index contributed by atoms with van der Waals surface area (Å²) < 4.78 is 34.5. The fourth-order valence-electron chi connectivity index (χ4n) is 5.41. The average Bonchev–Trinajstić information content (AvgIpc) is 3.49. The molecule has 1 aliphatic carbocycles. The van der Waals surface area contributed by atoms with Crippen LogP contribution in [0, 0.1) is 13.8 Å². The van der Waals surface area contributed by atoms with Gasteiger partial charge in [-0.3, -0.25) is 13.9 Å². The molecule has 2 amide bonds. The number of ether oxygens (including phenoxy) is 1. The summed E-state index contributed by atoms with van der Waals surface area (Å²) in [7, 11) is -2.52. The molecule has 0 radical (unpaired) electrons. The molecule has 0 aliphatic heterocycles. The van der Waals surface area contributed by atoms with Gasteiger partial charge in [0.05, 0.1) is 17.7 Å². The number of nitrogens with zero attached hydrogens (tertiary/aromatic N) is 2. The summed E-state index contributed by atoms with van der Waals surface area (Å²) in [5.41, 5.74) is 2.87. The number of hydrogen-bond acceptors (Lipinski definition) is 5. The minimum absolute atomic E-state index is 0.0925. The summed E-state index contributed by atoms with van der Waals surface area (Å²) in [5, 5.41) is 3.14. The number of aryl methyl sites for hydroxylation is 2. The minimum Gasteiger partial charge on any atom is -0.497 e. The Labute approximate surface area is 249 Å². The second kappa shape index (κ2) is 13.9. The Morgan fingerprint density at radius 2 is 1.60 bits per heavy atom. The molecular weight excluding hydrogens is 550 g/mol. The first kappa shape index (κ1) is 31.1. The highest BCUT2D eigenvalue weighted by Gasteiger charge is 2.35. The van der Waals surface area contributed by atoms with Crippen LogP contribution in [-0.2, 0) is 26.2 Å². The molecule has 1 saturated carbocycles. The number of amides is 2. The first-order valence-corrected chi connectivity index (χ1v) is 16.0. The van der Waals surface area contributed by atoms with Crippen molar-refractivity contribution in [3.63, 3.8) is 0 Å². The van der Waals surface area contributed by atoms with Crippen LogP contribution >= 0.6 is 0 Å². The largest absolute Gasteiger partial charge is 0.497 e. The van der Waals surface area contributed by atoms with Crippen molar-refractivity contribution in [2.24, 2.45) is 0 Å². The van der Waals surface area contributed by atoms with Gasteiger partial charge in [-0.2, -0.15) is 0 Å². The van der Waals surface area contributed by atoms with E-state index in [4.69, 9.17) is 4.74 Å². The first-order valence-electron chi connectivity index (χ1n) is 14.5. The van der Waals surface area contributed by atoms with Gasteiger partial charge in [0, 0.05) is 12.6 Å². The molecule has 0 bridgehead atoms. The molecule has 1 atom stereocenters. The van der Waals surface area contributed by atoms with E-state index in [1.165, 1.54) is 4.90 Å². The van der Waals surface area contributed by atoms with Crippen LogP contribution in [0.3, 0.4) is 0 Å². The quantitative estimate of drug-likeness (QED) is 0.305. The monoisotopic (exact) mass is 591 g/mol. The minimum atomic E-state index is -4.11. The van der Waals surface area contributed by atoms with Crippen molar-refractivity contribution in [1.29, 1.82) is 0 Å². The zero-order valence-corrected chi connectivity index (χ0v) is 25.7. The highest BCUT2D eigenvalue weighted by Crippen LogP contribution is 2.28. The molecule has 1 fully saturated rings. The number of hydrogen-bond donors (Lipinski definition) is 1. The second-order valence-corrected chi connectivity index (χ2v) is 12.8. The van der Waals surface area contributed by atoms with Crippen LogP contribution in [0.25, 0.3) is 0 Å². The molecule has 0 saturated heterocycles. The molecule has 1 aliphatic rings. The van der Waals surface area contributed by atoms with Gasteiger partial charge in [0.1, 0.15) is 18.3 Å². The second-order valence-electron chi connectivity index (χ2n) is 10.9. The van der Waals surface area contributed by atoms with Gasteiger partial charge in [0.15, 0.2) is 0 Å². The Balaban J connectivity index is 1.72. The lowest BCUT2D eigenvalue weighted by Crippen LogP contribution is -2.53. The lowest BCUT2D eigenvalue weighted by Gasteiger charge is -2.34. The van der Waals surface area contributed by atoms with Gasteiger partial charge in [0.25, 0.3) is 10.0 Å². The molecule has 0 unspecified atom stereocenters. The van der Waals surface area contributed by atoms with E-state index < -0.39 is 28.5 Å². The van der Waals surface area contributed by atoms with Gasteiger partial charge in [0.2, 0.25) is 11.8 Å². The van der Waals surface area contributed by atoms with E-state index in [2.05, 4.69) is 5.32 Å². The highest BCUT2D eigenvalue weighted by atomic mass is 32.2. The van der Waals surface area contributed by atoms with Crippen LogP contribution in [0.15, 0.2) is 77.7 Å². The number of sulfonamides is 1. The maximum Gasteiger partial charge on any atom is 0.264 e. The van der Waals surface area contributed by atoms with Gasteiger partial charge in [-0.1, -0.05) is 67.8 Å². The van der Waals surface area contributed by atoms with Gasteiger partial charge < -0.3 is 15.0 Å². The van der Waals surface area contributed by atoms with Crippen LogP contribution in [0.5, 0.6) is 5.75 Å². The predicted molar refractivity (Wildman–Crippen MR) is 165 cm³/mol. The summed E-state index contributed by atoms with van der Waals surface area (Å²) in [6, 6.07) is 20.3. The van der Waals surface area contributed by atoms with E-state index in [-0.39, 0.29) is 23.4 Å². The Hall–Kier alpha value is -3.85. The molecule has 0 heterocycles. The summed E-state index contributed by atoms with van der Waals surface area (Å²) in [5.74, 6) is 0.00541. The van der Waals surface area contributed by atoms with E-state index in [1.54, 1.807) is 55.6 Å². The van der Waals surface area contributed by atoms with Crippen molar-refractivity contribution in [2.45, 2.75) is 76.4 Å². The summed E-state index contributed by atoms with van der Waals surface area (Å²) in [4.78, 5) is 29.4. The van der Waals surface area contributed by atoms with E-state index in [9.17, 15) is 18.0 Å². The lowest BCUT2D eigenvalue weighted by atomic mass is 10.1. The Morgan fingerprint density at radius 3 is 2.19 bits per heavy atom. The number of rotatable bonds is 12. The van der Waals surface area contributed by atoms with Crippen LogP contribution in [0.1, 0.15) is 55.7 Å². The van der Waals surface area contributed by atoms with E-state index in [1.807, 2.05) is 45.0 Å². The first-order chi connectivity index (χ1) is 20.1. The molecule has 3 aromatic rings. The Morgan fingerprint density at radius 1 is 0.952 bits per heavy atom. The fourth-order valence-corrected chi connectivity index (χ4v) is 6.89. The number of carbonyl (C=O) groups excluding carboxylic acids is 2. The molecule has 9 heteroatoms. The van der Waals surface area contributed by atoms with Crippen molar-refractivity contribution in [2.75, 3.05) is 18.0 Å². The molecule has 8 nitrogen and oxygen atoms in total. The highest BCUT2D eigenvalue weighted by molar-refractivity contribution is 7.92. The Bertz CT molecular complexity index is 1470. The smallest absolute Gasteiger partial charge is 0.264 e. The average molecular weight is 592 g/mol. The third-order valence-corrected chi connectivity index (χ3v) is 9.65. The van der Waals surface area contributed by atoms with E-state index in [0.717, 1.165) is 41.1 Å². The fraction of sp³-hybridized carbons (Fsp3) is 0.394. The van der Waals surface area contributed by atoms with Crippen molar-refractivity contribution in [3.8, 4) is 5.75 Å². The maximum absolute atomic E-state index is 14.3. The molecule has 4 rings (SSSR count). The molecule has 42 heavy (non-hydrogen) atoms. The summed E-state index contributed by atoms with van der Waals surface area (Å²) in [6.07, 6.45) is 4.36. The van der Waals surface area contributed by atoms with Crippen LogP contribution in [0.4, 0.5) is 5.69 Å². The van der Waals surface area contributed by atoms with Gasteiger partial charge in [-0.05, 0) is 74.6 Å². The number of benzene rings is 3. The zero-order chi connectivity index (χ0) is 30.3. The third-order valence-electron chi connectivity index (χ3n) is 7.87. The zero-order valence-electron chi connectivity index (χ0n) is 24.9. The molecule has 224 valence electrons.